The highest BCUT2D eigenvalue weighted by atomic mass is 16.5. The first-order valence-electron chi connectivity index (χ1n) is 6.67. The summed E-state index contributed by atoms with van der Waals surface area (Å²) < 4.78 is 10.1. The van der Waals surface area contributed by atoms with E-state index in [4.69, 9.17) is 9.47 Å². The lowest BCUT2D eigenvalue weighted by Crippen LogP contribution is -2.10. The van der Waals surface area contributed by atoms with Crippen LogP contribution in [0.15, 0.2) is 36.4 Å². The number of ether oxygens (including phenoxy) is 2. The zero-order chi connectivity index (χ0) is 15.0. The number of benzene rings is 1. The zero-order valence-electron chi connectivity index (χ0n) is 12.1. The van der Waals surface area contributed by atoms with Crippen LogP contribution in [0.5, 0.6) is 5.75 Å². The summed E-state index contributed by atoms with van der Waals surface area (Å²) >= 11 is 0. The summed E-state index contributed by atoms with van der Waals surface area (Å²) in [5.41, 5.74) is 0.941. The number of rotatable bonds is 6. The van der Waals surface area contributed by atoms with Gasteiger partial charge in [0.2, 0.25) is 0 Å². The van der Waals surface area contributed by atoms with Gasteiger partial charge in [-0.1, -0.05) is 39.0 Å². The maximum atomic E-state index is 11.6. The summed E-state index contributed by atoms with van der Waals surface area (Å²) in [4.78, 5) is 22.9. The van der Waals surface area contributed by atoms with Crippen molar-refractivity contribution < 1.29 is 19.1 Å². The van der Waals surface area contributed by atoms with Gasteiger partial charge in [0.15, 0.2) is 0 Å². The highest BCUT2D eigenvalue weighted by molar-refractivity contribution is 5.92. The van der Waals surface area contributed by atoms with Crippen LogP contribution < -0.4 is 4.74 Å². The Morgan fingerprint density at radius 1 is 1.15 bits per heavy atom. The smallest absolute Gasteiger partial charge is 0.336 e. The molecule has 0 radical (unpaired) electrons. The quantitative estimate of drug-likeness (QED) is 0.455. The van der Waals surface area contributed by atoms with Crippen molar-refractivity contribution in [2.24, 2.45) is 5.92 Å². The van der Waals surface area contributed by atoms with Crippen LogP contribution in [0.1, 0.15) is 26.3 Å². The first-order valence-corrected chi connectivity index (χ1v) is 6.67. The third kappa shape index (κ3) is 5.69. The molecule has 0 unspecified atom stereocenters. The molecule has 0 spiro atoms. The van der Waals surface area contributed by atoms with Crippen LogP contribution in [0, 0.1) is 5.92 Å². The zero-order valence-corrected chi connectivity index (χ0v) is 12.1. The Morgan fingerprint density at radius 3 is 2.45 bits per heavy atom. The fourth-order valence-corrected chi connectivity index (χ4v) is 1.47. The lowest BCUT2D eigenvalue weighted by molar-refractivity contribution is -0.139. The van der Waals surface area contributed by atoms with Crippen LogP contribution in [0.25, 0.3) is 0 Å². The van der Waals surface area contributed by atoms with Crippen molar-refractivity contribution >= 4 is 11.9 Å². The second-order valence-electron chi connectivity index (χ2n) is 4.74. The van der Waals surface area contributed by atoms with Gasteiger partial charge in [-0.2, -0.15) is 0 Å². The van der Waals surface area contributed by atoms with Crippen LogP contribution in [0.4, 0.5) is 0 Å². The fraction of sp³-hybridized carbons (Fsp3) is 0.375. The number of carbonyl (C=O) groups excluding carboxylic acids is 2. The highest BCUT2D eigenvalue weighted by Crippen LogP contribution is 2.18. The molecule has 0 saturated heterocycles. The second-order valence-corrected chi connectivity index (χ2v) is 4.74. The van der Waals surface area contributed by atoms with Crippen LogP contribution in [0.3, 0.4) is 0 Å². The van der Waals surface area contributed by atoms with Crippen LogP contribution >= 0.6 is 0 Å². The van der Waals surface area contributed by atoms with Crippen LogP contribution in [-0.4, -0.2) is 18.5 Å². The lowest BCUT2D eigenvalue weighted by atomic mass is 10.1. The Morgan fingerprint density at radius 2 is 1.80 bits per heavy atom. The first kappa shape index (κ1) is 16.0. The molecule has 0 bridgehead atoms. The largest absolute Gasteiger partial charge is 0.462 e. The van der Waals surface area contributed by atoms with Gasteiger partial charge in [-0.25, -0.2) is 9.59 Å². The van der Waals surface area contributed by atoms with E-state index in [1.165, 1.54) is 0 Å². The summed E-state index contributed by atoms with van der Waals surface area (Å²) in [6, 6.07) is 7.29. The number of hydrogen-bond donors (Lipinski definition) is 0. The molecular formula is C16H20O4. The van der Waals surface area contributed by atoms with E-state index in [0.29, 0.717) is 12.4 Å². The molecule has 1 rings (SSSR count). The molecule has 108 valence electrons. The molecule has 0 aliphatic heterocycles. The molecule has 20 heavy (non-hydrogen) atoms. The molecule has 0 N–H and O–H groups in total. The van der Waals surface area contributed by atoms with Crippen molar-refractivity contribution in [3.8, 4) is 5.75 Å². The van der Waals surface area contributed by atoms with E-state index in [-0.39, 0.29) is 5.92 Å². The molecule has 0 aliphatic rings. The molecular weight excluding hydrogens is 256 g/mol. The highest BCUT2D eigenvalue weighted by Gasteiger charge is 2.06. The predicted molar refractivity (Wildman–Crippen MR) is 76.4 cm³/mol. The van der Waals surface area contributed by atoms with E-state index in [0.717, 1.165) is 24.1 Å². The van der Waals surface area contributed by atoms with E-state index < -0.39 is 11.9 Å². The van der Waals surface area contributed by atoms with E-state index in [1.54, 1.807) is 12.1 Å². The number of hydrogen-bond acceptors (Lipinski definition) is 4. The van der Waals surface area contributed by atoms with Gasteiger partial charge in [-0.15, -0.1) is 0 Å². The van der Waals surface area contributed by atoms with Gasteiger partial charge in [0.25, 0.3) is 0 Å². The van der Waals surface area contributed by atoms with Crippen molar-refractivity contribution in [3.63, 3.8) is 0 Å². The summed E-state index contributed by atoms with van der Waals surface area (Å²) in [5, 5.41) is 0. The topological polar surface area (TPSA) is 52.6 Å². The van der Waals surface area contributed by atoms with E-state index >= 15 is 0 Å². The van der Waals surface area contributed by atoms with Gasteiger partial charge in [0.1, 0.15) is 5.75 Å². The molecule has 4 nitrogen and oxygen atoms in total. The molecule has 1 aromatic rings. The molecule has 0 saturated carbocycles. The number of carbonyl (C=O) groups is 2. The molecule has 0 fully saturated rings. The predicted octanol–water partition coefficient (Wildman–Crippen LogP) is 2.91. The third-order valence-electron chi connectivity index (χ3n) is 2.48. The minimum absolute atomic E-state index is 0.260. The number of para-hydroxylation sites is 1. The minimum Gasteiger partial charge on any atom is -0.462 e. The molecule has 1 aromatic carbocycles. The van der Waals surface area contributed by atoms with Crippen molar-refractivity contribution in [1.82, 2.24) is 0 Å². The molecule has 0 heterocycles. The average Bonchev–Trinajstić information content (AvgIpc) is 2.43. The standard InChI is InChI=1S/C16H20O4/c1-4-13-7-5-6-8-14(13)20-16(18)10-9-15(17)19-11-12(2)3/h5-10,12H,4,11H2,1-3H3/b10-9+. The summed E-state index contributed by atoms with van der Waals surface area (Å²) in [6.45, 7) is 6.18. The number of esters is 2. The second kappa shape index (κ2) is 8.15. The van der Waals surface area contributed by atoms with E-state index in [1.807, 2.05) is 32.9 Å². The maximum absolute atomic E-state index is 11.6. The van der Waals surface area contributed by atoms with Crippen LogP contribution in [-0.2, 0) is 20.7 Å². The van der Waals surface area contributed by atoms with Crippen LogP contribution in [0.2, 0.25) is 0 Å². The van der Waals surface area contributed by atoms with Crippen molar-refractivity contribution in [1.29, 1.82) is 0 Å². The lowest BCUT2D eigenvalue weighted by Gasteiger charge is -2.06. The van der Waals surface area contributed by atoms with Crippen molar-refractivity contribution in [2.45, 2.75) is 27.2 Å². The summed E-state index contributed by atoms with van der Waals surface area (Å²) in [7, 11) is 0. The van der Waals surface area contributed by atoms with Gasteiger partial charge >= 0.3 is 11.9 Å². The van der Waals surface area contributed by atoms with Crippen molar-refractivity contribution in [2.75, 3.05) is 6.61 Å². The maximum Gasteiger partial charge on any atom is 0.336 e. The Kier molecular flexibility index (Phi) is 6.50. The van der Waals surface area contributed by atoms with Gasteiger partial charge in [0, 0.05) is 12.2 Å². The Hall–Kier alpha value is -2.10. The average molecular weight is 276 g/mol. The third-order valence-corrected chi connectivity index (χ3v) is 2.48. The molecule has 0 aliphatic carbocycles. The summed E-state index contributed by atoms with van der Waals surface area (Å²) in [5.74, 6) is -0.359. The monoisotopic (exact) mass is 276 g/mol. The first-order chi connectivity index (χ1) is 9.52. The molecule has 4 heteroatoms. The SMILES string of the molecule is CCc1ccccc1OC(=O)/C=C/C(=O)OCC(C)C. The van der Waals surface area contributed by atoms with Gasteiger partial charge in [-0.05, 0) is 24.0 Å². The molecule has 0 aromatic heterocycles. The minimum atomic E-state index is -0.590. The Labute approximate surface area is 119 Å². The summed E-state index contributed by atoms with van der Waals surface area (Å²) in [6.07, 6.45) is 2.93. The molecule has 0 amide bonds. The van der Waals surface area contributed by atoms with Crippen molar-refractivity contribution in [3.05, 3.63) is 42.0 Å². The van der Waals surface area contributed by atoms with Gasteiger partial charge in [-0.3, -0.25) is 0 Å². The number of aryl methyl sites for hydroxylation is 1. The normalized spacial score (nSPS) is 10.8. The van der Waals surface area contributed by atoms with Gasteiger partial charge < -0.3 is 9.47 Å². The fourth-order valence-electron chi connectivity index (χ4n) is 1.47. The Balaban J connectivity index is 2.53. The van der Waals surface area contributed by atoms with E-state index in [9.17, 15) is 9.59 Å². The van der Waals surface area contributed by atoms with Gasteiger partial charge in [0.05, 0.1) is 6.61 Å². The van der Waals surface area contributed by atoms with E-state index in [2.05, 4.69) is 0 Å². The molecule has 0 atom stereocenters. The Bertz CT molecular complexity index is 489.